The van der Waals surface area contributed by atoms with E-state index in [0.29, 0.717) is 17.2 Å². The molecule has 1 aromatic carbocycles. The number of ether oxygens (including phenoxy) is 1. The van der Waals surface area contributed by atoms with E-state index in [1.807, 2.05) is 0 Å². The molecule has 0 atom stereocenters. The highest BCUT2D eigenvalue weighted by atomic mass is 35.5. The Morgan fingerprint density at radius 3 is 2.60 bits per heavy atom. The maximum Gasteiger partial charge on any atom is 0.325 e. The molecule has 20 heavy (non-hydrogen) atoms. The van der Waals surface area contributed by atoms with Crippen LogP contribution in [0.15, 0.2) is 18.2 Å². The maximum atomic E-state index is 12.5. The molecule has 1 saturated carbocycles. The van der Waals surface area contributed by atoms with E-state index >= 15 is 0 Å². The Morgan fingerprint density at radius 1 is 1.35 bits per heavy atom. The van der Waals surface area contributed by atoms with Crippen molar-refractivity contribution in [1.29, 1.82) is 0 Å². The Labute approximate surface area is 127 Å². The Morgan fingerprint density at radius 2 is 2.05 bits per heavy atom. The molecule has 1 aromatic rings. The van der Waals surface area contributed by atoms with Crippen LogP contribution in [0.2, 0.25) is 10.0 Å². The van der Waals surface area contributed by atoms with E-state index in [-0.39, 0.29) is 23.5 Å². The highest BCUT2D eigenvalue weighted by Gasteiger charge is 2.35. The van der Waals surface area contributed by atoms with Crippen LogP contribution >= 0.6 is 23.2 Å². The predicted molar refractivity (Wildman–Crippen MR) is 77.2 cm³/mol. The summed E-state index contributed by atoms with van der Waals surface area (Å²) < 4.78 is 4.90. The van der Waals surface area contributed by atoms with Gasteiger partial charge in [-0.05, 0) is 38.0 Å². The molecule has 1 aliphatic carbocycles. The third kappa shape index (κ3) is 3.64. The van der Waals surface area contributed by atoms with Crippen molar-refractivity contribution in [1.82, 2.24) is 4.90 Å². The van der Waals surface area contributed by atoms with E-state index in [2.05, 4.69) is 0 Å². The molecule has 1 fully saturated rings. The summed E-state index contributed by atoms with van der Waals surface area (Å²) >= 11 is 11.9. The van der Waals surface area contributed by atoms with Crippen LogP contribution < -0.4 is 0 Å². The van der Waals surface area contributed by atoms with E-state index in [1.54, 1.807) is 19.1 Å². The Hall–Kier alpha value is -1.26. The molecular formula is C14H15Cl2NO3. The van der Waals surface area contributed by atoms with Gasteiger partial charge in [0.2, 0.25) is 0 Å². The second-order valence-electron chi connectivity index (χ2n) is 4.59. The van der Waals surface area contributed by atoms with Crippen LogP contribution in [0.5, 0.6) is 0 Å². The first kappa shape index (κ1) is 15.1. The first-order chi connectivity index (χ1) is 9.52. The summed E-state index contributed by atoms with van der Waals surface area (Å²) in [4.78, 5) is 25.6. The number of carbonyl (C=O) groups excluding carboxylic acids is 2. The standard InChI is InChI=1S/C14H15Cl2NO3/c1-2-20-13(18)8-17(10-4-5-10)14(19)11-6-3-9(15)7-12(11)16/h3,6-7,10H,2,4-5,8H2,1H3. The van der Waals surface area contributed by atoms with Crippen molar-refractivity contribution in [3.8, 4) is 0 Å². The zero-order chi connectivity index (χ0) is 14.7. The normalized spacial score (nSPS) is 13.9. The lowest BCUT2D eigenvalue weighted by Crippen LogP contribution is -2.38. The fourth-order valence-corrected chi connectivity index (χ4v) is 2.41. The second-order valence-corrected chi connectivity index (χ2v) is 5.44. The van der Waals surface area contributed by atoms with Crippen LogP contribution in [-0.4, -0.2) is 36.0 Å². The molecule has 0 heterocycles. The number of hydrogen-bond donors (Lipinski definition) is 0. The van der Waals surface area contributed by atoms with E-state index < -0.39 is 5.97 Å². The van der Waals surface area contributed by atoms with Crippen molar-refractivity contribution < 1.29 is 14.3 Å². The summed E-state index contributed by atoms with van der Waals surface area (Å²) in [6.07, 6.45) is 1.80. The van der Waals surface area contributed by atoms with Crippen LogP contribution in [-0.2, 0) is 9.53 Å². The minimum absolute atomic E-state index is 0.0453. The van der Waals surface area contributed by atoms with Gasteiger partial charge in [-0.2, -0.15) is 0 Å². The molecule has 0 unspecified atom stereocenters. The first-order valence-electron chi connectivity index (χ1n) is 6.44. The van der Waals surface area contributed by atoms with Gasteiger partial charge in [0.1, 0.15) is 6.54 Å². The zero-order valence-corrected chi connectivity index (χ0v) is 12.6. The van der Waals surface area contributed by atoms with Crippen molar-refractivity contribution in [2.24, 2.45) is 0 Å². The van der Waals surface area contributed by atoms with Gasteiger partial charge in [-0.3, -0.25) is 9.59 Å². The average molecular weight is 316 g/mol. The quantitative estimate of drug-likeness (QED) is 0.784. The minimum Gasteiger partial charge on any atom is -0.465 e. The molecule has 1 amide bonds. The third-order valence-corrected chi connectivity index (χ3v) is 3.56. The van der Waals surface area contributed by atoms with E-state index in [4.69, 9.17) is 27.9 Å². The van der Waals surface area contributed by atoms with E-state index in [9.17, 15) is 9.59 Å². The van der Waals surface area contributed by atoms with Crippen LogP contribution in [0.3, 0.4) is 0 Å². The number of nitrogens with zero attached hydrogens (tertiary/aromatic N) is 1. The Bertz CT molecular complexity index is 529. The summed E-state index contributed by atoms with van der Waals surface area (Å²) in [6.45, 7) is 1.99. The third-order valence-electron chi connectivity index (χ3n) is 3.01. The summed E-state index contributed by atoms with van der Waals surface area (Å²) in [5.74, 6) is -0.667. The molecule has 0 spiro atoms. The van der Waals surface area contributed by atoms with Gasteiger partial charge in [0.15, 0.2) is 0 Å². The van der Waals surface area contributed by atoms with Crippen LogP contribution in [0.1, 0.15) is 30.1 Å². The van der Waals surface area contributed by atoms with Crippen molar-refractivity contribution >= 4 is 35.1 Å². The molecule has 0 aromatic heterocycles. The molecular weight excluding hydrogens is 301 g/mol. The van der Waals surface area contributed by atoms with Gasteiger partial charge in [0.25, 0.3) is 5.91 Å². The fraction of sp³-hybridized carbons (Fsp3) is 0.429. The molecule has 2 rings (SSSR count). The van der Waals surface area contributed by atoms with Crippen molar-refractivity contribution in [3.63, 3.8) is 0 Å². The lowest BCUT2D eigenvalue weighted by atomic mass is 10.2. The molecule has 0 N–H and O–H groups in total. The Kier molecular flexibility index (Phi) is 4.89. The largest absolute Gasteiger partial charge is 0.465 e. The van der Waals surface area contributed by atoms with Crippen molar-refractivity contribution in [3.05, 3.63) is 33.8 Å². The molecule has 0 bridgehead atoms. The maximum absolute atomic E-state index is 12.5. The SMILES string of the molecule is CCOC(=O)CN(C(=O)c1ccc(Cl)cc1Cl)C1CC1. The van der Waals surface area contributed by atoms with E-state index in [1.165, 1.54) is 11.0 Å². The van der Waals surface area contributed by atoms with Crippen LogP contribution in [0.4, 0.5) is 0 Å². The van der Waals surface area contributed by atoms with Gasteiger partial charge in [0.05, 0.1) is 17.2 Å². The van der Waals surface area contributed by atoms with Gasteiger partial charge >= 0.3 is 5.97 Å². The van der Waals surface area contributed by atoms with Gasteiger partial charge in [-0.25, -0.2) is 0 Å². The van der Waals surface area contributed by atoms with Crippen molar-refractivity contribution in [2.45, 2.75) is 25.8 Å². The zero-order valence-electron chi connectivity index (χ0n) is 11.1. The predicted octanol–water partition coefficient (Wildman–Crippen LogP) is 3.16. The first-order valence-corrected chi connectivity index (χ1v) is 7.20. The number of benzene rings is 1. The monoisotopic (exact) mass is 315 g/mol. The molecule has 0 radical (unpaired) electrons. The number of rotatable bonds is 5. The van der Waals surface area contributed by atoms with E-state index in [0.717, 1.165) is 12.8 Å². The molecule has 1 aliphatic rings. The molecule has 108 valence electrons. The smallest absolute Gasteiger partial charge is 0.325 e. The molecule has 6 heteroatoms. The molecule has 0 saturated heterocycles. The summed E-state index contributed by atoms with van der Waals surface area (Å²) in [5.41, 5.74) is 0.354. The number of hydrogen-bond acceptors (Lipinski definition) is 3. The lowest BCUT2D eigenvalue weighted by Gasteiger charge is -2.22. The highest BCUT2D eigenvalue weighted by Crippen LogP contribution is 2.30. The van der Waals surface area contributed by atoms with Gasteiger partial charge in [-0.15, -0.1) is 0 Å². The second kappa shape index (κ2) is 6.46. The summed E-state index contributed by atoms with van der Waals surface area (Å²) in [5, 5.41) is 0.756. The minimum atomic E-state index is -0.405. The van der Waals surface area contributed by atoms with Crippen molar-refractivity contribution in [2.75, 3.05) is 13.2 Å². The number of halogens is 2. The van der Waals surface area contributed by atoms with Gasteiger partial charge in [0, 0.05) is 11.1 Å². The van der Waals surface area contributed by atoms with Crippen LogP contribution in [0.25, 0.3) is 0 Å². The summed E-state index contributed by atoms with van der Waals surface area (Å²) in [7, 11) is 0. The average Bonchev–Trinajstić information content (AvgIpc) is 3.20. The number of carbonyl (C=O) groups is 2. The molecule has 0 aliphatic heterocycles. The van der Waals surface area contributed by atoms with Gasteiger partial charge in [-0.1, -0.05) is 23.2 Å². The molecule has 4 nitrogen and oxygen atoms in total. The summed E-state index contributed by atoms with van der Waals surface area (Å²) in [6, 6.07) is 4.80. The highest BCUT2D eigenvalue weighted by molar-refractivity contribution is 6.36. The van der Waals surface area contributed by atoms with Crippen LogP contribution in [0, 0.1) is 0 Å². The van der Waals surface area contributed by atoms with Gasteiger partial charge < -0.3 is 9.64 Å². The lowest BCUT2D eigenvalue weighted by molar-refractivity contribution is -0.144. The fourth-order valence-electron chi connectivity index (χ4n) is 1.92. The number of amides is 1. The Balaban J connectivity index is 2.16. The number of esters is 1. The topological polar surface area (TPSA) is 46.6 Å².